The van der Waals surface area contributed by atoms with E-state index in [-0.39, 0.29) is 29.6 Å². The second-order valence-electron chi connectivity index (χ2n) is 10.3. The first-order valence-electron chi connectivity index (χ1n) is 13.1. The summed E-state index contributed by atoms with van der Waals surface area (Å²) in [7, 11) is 0. The van der Waals surface area contributed by atoms with E-state index < -0.39 is 29.4 Å². The fourth-order valence-electron chi connectivity index (χ4n) is 5.87. The lowest BCUT2D eigenvalue weighted by Crippen LogP contribution is -2.57. The molecule has 4 amide bonds. The molecule has 0 aromatic heterocycles. The molecule has 2 N–H and O–H groups in total. The van der Waals surface area contributed by atoms with E-state index in [1.807, 2.05) is 12.1 Å². The number of nitrogens with one attached hydrogen (secondary N) is 2. The molecule has 2 saturated heterocycles. The van der Waals surface area contributed by atoms with Crippen molar-refractivity contribution in [2.24, 2.45) is 0 Å². The van der Waals surface area contributed by atoms with Gasteiger partial charge in [0.2, 0.25) is 0 Å². The number of hydrogen-bond acceptors (Lipinski definition) is 5. The molecule has 3 aliphatic heterocycles. The molecule has 2 atom stereocenters. The van der Waals surface area contributed by atoms with Crippen molar-refractivity contribution in [3.05, 3.63) is 101 Å². The zero-order valence-electron chi connectivity index (χ0n) is 21.3. The van der Waals surface area contributed by atoms with Crippen LogP contribution in [0.3, 0.4) is 0 Å². The molecule has 3 aromatic carbocycles. The van der Waals surface area contributed by atoms with Gasteiger partial charge in [0.25, 0.3) is 11.8 Å². The molecule has 3 heterocycles. The van der Waals surface area contributed by atoms with Gasteiger partial charge in [0.1, 0.15) is 11.6 Å². The number of nitrogens with zero attached hydrogens (tertiary/aromatic N) is 2. The molecule has 0 radical (unpaired) electrons. The van der Waals surface area contributed by atoms with Crippen LogP contribution in [0.25, 0.3) is 0 Å². The van der Waals surface area contributed by atoms with Crippen molar-refractivity contribution in [3.63, 3.8) is 0 Å². The lowest BCUT2D eigenvalue weighted by molar-refractivity contribution is -0.143. The Kier molecular flexibility index (Phi) is 6.52. The quantitative estimate of drug-likeness (QED) is 0.497. The summed E-state index contributed by atoms with van der Waals surface area (Å²) in [5.74, 6) is -1.00. The minimum Gasteiger partial charge on any atom is -0.480 e. The average Bonchev–Trinajstić information content (AvgIpc) is 3.25. The third-order valence-electron chi connectivity index (χ3n) is 7.91. The standard InChI is InChI=1S/C30H29FN4O4/c31-22-11-12-25-24(17-22)30(28(37)32-29(38)33-30)18-26(39-25)27(36)35-15-13-34(14-16-35)19-23(20-7-3-1-4-8-20)21-9-5-2-6-10-21/h1-12,17,23,26H,13-16,18-19H2,(H2,32,33,37,38)/t26-,30-/m0/s1. The van der Waals surface area contributed by atoms with Crippen molar-refractivity contribution in [2.75, 3.05) is 32.7 Å². The summed E-state index contributed by atoms with van der Waals surface area (Å²) in [6.07, 6.45) is -1.09. The summed E-state index contributed by atoms with van der Waals surface area (Å²) in [5.41, 5.74) is 1.16. The Hall–Kier alpha value is -4.24. The van der Waals surface area contributed by atoms with E-state index in [1.165, 1.54) is 29.3 Å². The largest absolute Gasteiger partial charge is 0.480 e. The second-order valence-corrected chi connectivity index (χ2v) is 10.3. The first-order chi connectivity index (χ1) is 18.9. The number of carbonyl (C=O) groups is 3. The Morgan fingerprint density at radius 3 is 2.18 bits per heavy atom. The number of halogens is 1. The molecule has 6 rings (SSSR count). The van der Waals surface area contributed by atoms with Gasteiger partial charge in [-0.25, -0.2) is 9.18 Å². The van der Waals surface area contributed by atoms with Crippen molar-refractivity contribution >= 4 is 17.8 Å². The van der Waals surface area contributed by atoms with Crippen LogP contribution in [0, 0.1) is 5.82 Å². The molecule has 0 saturated carbocycles. The van der Waals surface area contributed by atoms with Gasteiger partial charge in [-0.2, -0.15) is 0 Å². The number of imide groups is 1. The number of fused-ring (bicyclic) bond motifs is 2. The number of carbonyl (C=O) groups excluding carboxylic acids is 3. The molecule has 2 fully saturated rings. The third-order valence-corrected chi connectivity index (χ3v) is 7.91. The minimum absolute atomic E-state index is 0.107. The van der Waals surface area contributed by atoms with Crippen LogP contribution >= 0.6 is 0 Å². The van der Waals surface area contributed by atoms with Crippen LogP contribution in [0.2, 0.25) is 0 Å². The van der Waals surface area contributed by atoms with Gasteiger partial charge in [-0.1, -0.05) is 60.7 Å². The van der Waals surface area contributed by atoms with Gasteiger partial charge in [-0.05, 0) is 29.3 Å². The highest BCUT2D eigenvalue weighted by Crippen LogP contribution is 2.42. The Morgan fingerprint density at radius 1 is 0.949 bits per heavy atom. The molecule has 39 heavy (non-hydrogen) atoms. The highest BCUT2D eigenvalue weighted by atomic mass is 19.1. The van der Waals surface area contributed by atoms with Crippen LogP contribution in [0.15, 0.2) is 78.9 Å². The first-order valence-corrected chi connectivity index (χ1v) is 13.1. The van der Waals surface area contributed by atoms with Gasteiger partial charge in [-0.15, -0.1) is 0 Å². The summed E-state index contributed by atoms with van der Waals surface area (Å²) in [6, 6.07) is 23.9. The van der Waals surface area contributed by atoms with E-state index in [1.54, 1.807) is 4.90 Å². The van der Waals surface area contributed by atoms with Gasteiger partial charge in [0, 0.05) is 50.6 Å². The summed E-state index contributed by atoms with van der Waals surface area (Å²) < 4.78 is 20.0. The molecular weight excluding hydrogens is 499 g/mol. The fraction of sp³-hybridized carbons (Fsp3) is 0.300. The van der Waals surface area contributed by atoms with Gasteiger partial charge in [-0.3, -0.25) is 19.8 Å². The molecule has 0 aliphatic carbocycles. The summed E-state index contributed by atoms with van der Waals surface area (Å²) >= 11 is 0. The molecule has 8 nitrogen and oxygen atoms in total. The molecule has 3 aliphatic rings. The minimum atomic E-state index is -1.55. The van der Waals surface area contributed by atoms with Crippen LogP contribution in [-0.4, -0.2) is 66.5 Å². The van der Waals surface area contributed by atoms with E-state index in [9.17, 15) is 18.8 Å². The number of ether oxygens (including phenoxy) is 1. The van der Waals surface area contributed by atoms with Crippen LogP contribution in [-0.2, 0) is 15.1 Å². The highest BCUT2D eigenvalue weighted by molar-refractivity contribution is 6.08. The van der Waals surface area contributed by atoms with Crippen LogP contribution in [0.1, 0.15) is 29.0 Å². The number of rotatable bonds is 5. The van der Waals surface area contributed by atoms with Crippen molar-refractivity contribution in [2.45, 2.75) is 24.0 Å². The third kappa shape index (κ3) is 4.74. The Morgan fingerprint density at radius 2 is 1.59 bits per heavy atom. The maximum Gasteiger partial charge on any atom is 0.322 e. The molecule has 0 unspecified atom stereocenters. The highest BCUT2D eigenvalue weighted by Gasteiger charge is 2.55. The van der Waals surface area contributed by atoms with Gasteiger partial charge in [0.15, 0.2) is 11.6 Å². The first kappa shape index (κ1) is 25.1. The van der Waals surface area contributed by atoms with Gasteiger partial charge < -0.3 is 15.0 Å². The van der Waals surface area contributed by atoms with E-state index >= 15 is 0 Å². The monoisotopic (exact) mass is 528 g/mol. The maximum absolute atomic E-state index is 14.1. The predicted octanol–water partition coefficient (Wildman–Crippen LogP) is 2.99. The van der Waals surface area contributed by atoms with Crippen molar-refractivity contribution in [3.8, 4) is 5.75 Å². The zero-order chi connectivity index (χ0) is 27.0. The molecule has 200 valence electrons. The van der Waals surface area contributed by atoms with E-state index in [0.29, 0.717) is 26.2 Å². The fourth-order valence-corrected chi connectivity index (χ4v) is 5.87. The number of urea groups is 1. The second kappa shape index (κ2) is 10.1. The number of hydrogen-bond donors (Lipinski definition) is 2. The smallest absolute Gasteiger partial charge is 0.322 e. The maximum atomic E-state index is 14.1. The number of amides is 4. The van der Waals surface area contributed by atoms with Crippen LogP contribution < -0.4 is 15.4 Å². The Balaban J connectivity index is 1.16. The van der Waals surface area contributed by atoms with Crippen molar-refractivity contribution in [1.29, 1.82) is 0 Å². The molecular formula is C30H29FN4O4. The lowest BCUT2D eigenvalue weighted by atomic mass is 9.81. The van der Waals surface area contributed by atoms with Crippen LogP contribution in [0.5, 0.6) is 5.75 Å². The van der Waals surface area contributed by atoms with Crippen molar-refractivity contribution < 1.29 is 23.5 Å². The van der Waals surface area contributed by atoms with E-state index in [0.717, 1.165) is 6.54 Å². The number of benzene rings is 3. The van der Waals surface area contributed by atoms with E-state index in [2.05, 4.69) is 64.1 Å². The normalized spacial score (nSPS) is 22.8. The Bertz CT molecular complexity index is 1360. The van der Waals surface area contributed by atoms with E-state index in [4.69, 9.17) is 4.74 Å². The summed E-state index contributed by atoms with van der Waals surface area (Å²) in [5, 5.41) is 4.85. The van der Waals surface area contributed by atoms with Crippen molar-refractivity contribution in [1.82, 2.24) is 20.4 Å². The van der Waals surface area contributed by atoms with Gasteiger partial charge >= 0.3 is 6.03 Å². The topological polar surface area (TPSA) is 91.0 Å². The summed E-state index contributed by atoms with van der Waals surface area (Å²) in [4.78, 5) is 42.6. The molecule has 1 spiro atoms. The Labute approximate surface area is 225 Å². The number of piperazine rings is 1. The lowest BCUT2D eigenvalue weighted by Gasteiger charge is -2.41. The molecule has 9 heteroatoms. The van der Waals surface area contributed by atoms with Crippen LogP contribution in [0.4, 0.5) is 9.18 Å². The predicted molar refractivity (Wildman–Crippen MR) is 142 cm³/mol. The summed E-state index contributed by atoms with van der Waals surface area (Å²) in [6.45, 7) is 3.23. The van der Waals surface area contributed by atoms with Gasteiger partial charge in [0.05, 0.1) is 0 Å². The molecule has 0 bridgehead atoms. The average molecular weight is 529 g/mol. The zero-order valence-corrected chi connectivity index (χ0v) is 21.3. The SMILES string of the molecule is O=C1NC(=O)[C@@]2(C[C@@H](C(=O)N3CCN(CC(c4ccccc4)c4ccccc4)CC3)Oc3ccc(F)cc32)N1. The molecule has 3 aromatic rings.